The Morgan fingerprint density at radius 3 is 2.83 bits per heavy atom. The molecule has 0 unspecified atom stereocenters. The first-order chi connectivity index (χ1) is 17.2. The summed E-state index contributed by atoms with van der Waals surface area (Å²) < 4.78 is 27.2. The van der Waals surface area contributed by atoms with Crippen molar-refractivity contribution in [3.05, 3.63) is 66.2 Å². The van der Waals surface area contributed by atoms with Crippen molar-refractivity contribution in [2.75, 3.05) is 25.1 Å². The van der Waals surface area contributed by atoms with Gasteiger partial charge in [-0.3, -0.25) is 14.4 Å². The molecule has 2 aromatic carbocycles. The third-order valence-electron chi connectivity index (χ3n) is 6.00. The van der Waals surface area contributed by atoms with Gasteiger partial charge in [-0.15, -0.1) is 0 Å². The highest BCUT2D eigenvalue weighted by Crippen LogP contribution is 2.27. The van der Waals surface area contributed by atoms with Crippen LogP contribution in [0.3, 0.4) is 0 Å². The van der Waals surface area contributed by atoms with Crippen LogP contribution in [0.15, 0.2) is 54.9 Å². The van der Waals surface area contributed by atoms with Crippen molar-refractivity contribution < 1.29 is 23.5 Å². The minimum Gasteiger partial charge on any atom is -0.497 e. The summed E-state index contributed by atoms with van der Waals surface area (Å²) in [7, 11) is 1.61. The number of anilines is 1. The van der Waals surface area contributed by atoms with Crippen molar-refractivity contribution in [1.29, 1.82) is 5.41 Å². The van der Waals surface area contributed by atoms with E-state index in [1.807, 2.05) is 37.4 Å². The molecule has 1 aromatic heterocycles. The number of nitrogens with one attached hydrogen (secondary N) is 2. The molecule has 2 atom stereocenters. The minimum absolute atomic E-state index is 0.123. The summed E-state index contributed by atoms with van der Waals surface area (Å²) >= 11 is 0. The molecular formula is C26H28FN5O4. The third-order valence-corrected chi connectivity index (χ3v) is 6.00. The van der Waals surface area contributed by atoms with E-state index < -0.39 is 18.0 Å². The summed E-state index contributed by atoms with van der Waals surface area (Å²) in [5, 5.41) is 15.5. The molecule has 0 bridgehead atoms. The zero-order valence-corrected chi connectivity index (χ0v) is 20.3. The number of methoxy groups -OCH3 is 1. The Bertz CT molecular complexity index is 1290. The van der Waals surface area contributed by atoms with E-state index in [0.29, 0.717) is 5.69 Å². The summed E-state index contributed by atoms with van der Waals surface area (Å²) in [4.78, 5) is 24.6. The van der Waals surface area contributed by atoms with Crippen LogP contribution < -0.4 is 15.0 Å². The van der Waals surface area contributed by atoms with Gasteiger partial charge in [-0.25, -0.2) is 9.18 Å². The summed E-state index contributed by atoms with van der Waals surface area (Å²) in [6.07, 6.45) is 2.78. The molecule has 4 rings (SSSR count). The van der Waals surface area contributed by atoms with Crippen LogP contribution in [0.2, 0.25) is 0 Å². The summed E-state index contributed by atoms with van der Waals surface area (Å²) in [6.45, 7) is 3.68. The summed E-state index contributed by atoms with van der Waals surface area (Å²) in [5.74, 6) is -0.0703. The number of amides is 2. The number of aromatic nitrogens is 2. The normalized spacial score (nSPS) is 15.9. The van der Waals surface area contributed by atoms with Gasteiger partial charge in [0.2, 0.25) is 5.91 Å². The van der Waals surface area contributed by atoms with Crippen LogP contribution in [0.25, 0.3) is 11.1 Å². The highest BCUT2D eigenvalue weighted by atomic mass is 19.1. The lowest BCUT2D eigenvalue weighted by Gasteiger charge is -2.16. The molecule has 2 heterocycles. The van der Waals surface area contributed by atoms with E-state index in [4.69, 9.17) is 14.9 Å². The Labute approximate surface area is 208 Å². The maximum absolute atomic E-state index is 15.0. The van der Waals surface area contributed by atoms with Gasteiger partial charge in [0.05, 0.1) is 38.1 Å². The van der Waals surface area contributed by atoms with E-state index in [1.54, 1.807) is 24.1 Å². The molecule has 1 aliphatic heterocycles. The molecular weight excluding hydrogens is 465 g/mol. The van der Waals surface area contributed by atoms with Crippen molar-refractivity contribution in [3.8, 4) is 16.9 Å². The predicted molar refractivity (Wildman–Crippen MR) is 133 cm³/mol. The number of hydrogen-bond acceptors (Lipinski definition) is 6. The molecule has 0 spiro atoms. The van der Waals surface area contributed by atoms with Gasteiger partial charge in [-0.1, -0.05) is 12.1 Å². The van der Waals surface area contributed by atoms with Crippen LogP contribution in [0.1, 0.15) is 31.9 Å². The van der Waals surface area contributed by atoms with E-state index in [9.17, 15) is 14.0 Å². The molecule has 1 saturated heterocycles. The Hall–Kier alpha value is -4.21. The van der Waals surface area contributed by atoms with Crippen molar-refractivity contribution in [2.24, 2.45) is 0 Å². The fourth-order valence-corrected chi connectivity index (χ4v) is 4.04. The predicted octanol–water partition coefficient (Wildman–Crippen LogP) is 4.18. The van der Waals surface area contributed by atoms with E-state index in [0.717, 1.165) is 16.9 Å². The number of hydrogen-bond donors (Lipinski definition) is 2. The van der Waals surface area contributed by atoms with E-state index >= 15 is 0 Å². The third kappa shape index (κ3) is 5.54. The minimum atomic E-state index is -0.605. The first-order valence-corrected chi connectivity index (χ1v) is 11.5. The standard InChI is InChI=1S/C26H28FN5O4/c1-16(32-14-19(12-30-32)18-5-4-6-21(10-18)35-3)9-25(28)23-8-7-20(11-24(23)27)31-15-22(36-26(31)34)13-29-17(2)33/h4-8,10-12,14,16,22,28H,9,13,15H2,1-3H3,(H,29,33)/t16-,22-/m0/s1. The lowest BCUT2D eigenvalue weighted by Crippen LogP contribution is -2.33. The van der Waals surface area contributed by atoms with Gasteiger partial charge in [0, 0.05) is 36.4 Å². The van der Waals surface area contributed by atoms with Gasteiger partial charge in [0.25, 0.3) is 0 Å². The molecule has 0 radical (unpaired) electrons. The van der Waals surface area contributed by atoms with Crippen LogP contribution in [0.5, 0.6) is 5.75 Å². The highest BCUT2D eigenvalue weighted by molar-refractivity contribution is 5.99. The van der Waals surface area contributed by atoms with Gasteiger partial charge in [-0.05, 0) is 42.8 Å². The molecule has 0 aliphatic carbocycles. The molecule has 1 aliphatic rings. The zero-order chi connectivity index (χ0) is 25.8. The Kier molecular flexibility index (Phi) is 7.33. The smallest absolute Gasteiger partial charge is 0.414 e. The number of benzene rings is 2. The molecule has 1 fully saturated rings. The molecule has 3 aromatic rings. The monoisotopic (exact) mass is 493 g/mol. The average molecular weight is 494 g/mol. The van der Waals surface area contributed by atoms with Gasteiger partial charge in [0.15, 0.2) is 0 Å². The molecule has 10 heteroatoms. The molecule has 2 amide bonds. The topological polar surface area (TPSA) is 110 Å². The Morgan fingerprint density at radius 2 is 2.11 bits per heavy atom. The zero-order valence-electron chi connectivity index (χ0n) is 20.3. The van der Waals surface area contributed by atoms with E-state index in [-0.39, 0.29) is 42.7 Å². The Balaban J connectivity index is 1.41. The second-order valence-electron chi connectivity index (χ2n) is 8.69. The second kappa shape index (κ2) is 10.6. The van der Waals surface area contributed by atoms with Gasteiger partial charge < -0.3 is 20.2 Å². The first-order valence-electron chi connectivity index (χ1n) is 11.5. The highest BCUT2D eigenvalue weighted by Gasteiger charge is 2.32. The second-order valence-corrected chi connectivity index (χ2v) is 8.69. The molecule has 36 heavy (non-hydrogen) atoms. The van der Waals surface area contributed by atoms with Gasteiger partial charge in [-0.2, -0.15) is 5.10 Å². The maximum Gasteiger partial charge on any atom is 0.414 e. The van der Waals surface area contributed by atoms with Crippen molar-refractivity contribution in [2.45, 2.75) is 32.4 Å². The SMILES string of the molecule is COc1cccc(-c2cnn([C@@H](C)CC(=N)c3ccc(N4C[C@H](CNC(C)=O)OC4=O)cc3F)c2)c1. The first kappa shape index (κ1) is 24.9. The van der Waals surface area contributed by atoms with E-state index in [2.05, 4.69) is 10.4 Å². The van der Waals surface area contributed by atoms with Crippen LogP contribution in [0, 0.1) is 11.2 Å². The number of carbonyl (C=O) groups is 2. The fraction of sp³-hybridized carbons (Fsp3) is 0.308. The maximum atomic E-state index is 15.0. The number of carbonyl (C=O) groups excluding carboxylic acids is 2. The molecule has 0 saturated carbocycles. The number of rotatable bonds is 9. The van der Waals surface area contributed by atoms with Crippen molar-refractivity contribution in [1.82, 2.24) is 15.1 Å². The number of nitrogens with zero attached hydrogens (tertiary/aromatic N) is 3. The van der Waals surface area contributed by atoms with Crippen LogP contribution in [0.4, 0.5) is 14.9 Å². The van der Waals surface area contributed by atoms with Crippen LogP contribution in [-0.4, -0.2) is 53.8 Å². The largest absolute Gasteiger partial charge is 0.497 e. The van der Waals surface area contributed by atoms with Gasteiger partial charge >= 0.3 is 6.09 Å². The molecule has 188 valence electrons. The van der Waals surface area contributed by atoms with Crippen molar-refractivity contribution in [3.63, 3.8) is 0 Å². The van der Waals surface area contributed by atoms with E-state index in [1.165, 1.54) is 24.0 Å². The van der Waals surface area contributed by atoms with Crippen LogP contribution >= 0.6 is 0 Å². The van der Waals surface area contributed by atoms with Crippen LogP contribution in [-0.2, 0) is 9.53 Å². The lowest BCUT2D eigenvalue weighted by atomic mass is 10.0. The lowest BCUT2D eigenvalue weighted by molar-refractivity contribution is -0.119. The quantitative estimate of drug-likeness (QED) is 0.435. The van der Waals surface area contributed by atoms with Gasteiger partial charge in [0.1, 0.15) is 17.7 Å². The fourth-order valence-electron chi connectivity index (χ4n) is 4.04. The number of halogens is 1. The Morgan fingerprint density at radius 1 is 1.31 bits per heavy atom. The average Bonchev–Trinajstić information content (AvgIpc) is 3.50. The number of ether oxygens (including phenoxy) is 2. The van der Waals surface area contributed by atoms with Crippen molar-refractivity contribution >= 4 is 23.4 Å². The molecule has 2 N–H and O–H groups in total. The summed E-state index contributed by atoms with van der Waals surface area (Å²) in [6, 6.07) is 11.8. The molecule has 9 nitrogen and oxygen atoms in total. The summed E-state index contributed by atoms with van der Waals surface area (Å²) in [5.41, 5.74) is 2.49. The number of cyclic esters (lactones) is 1.